The molecule has 0 spiro atoms. The summed E-state index contributed by atoms with van der Waals surface area (Å²) in [5, 5.41) is 0. The standard InChI is InChI=1S/C19H33N/c20-12-18(15-5-3-1-2-4-6-15)19-16-8-13-7-14(10-16)11-17(19)9-13/h13-19H,1-12,20H2. The van der Waals surface area contributed by atoms with Crippen molar-refractivity contribution in [1.29, 1.82) is 0 Å². The van der Waals surface area contributed by atoms with Crippen molar-refractivity contribution in [3.05, 3.63) is 0 Å². The molecule has 5 rings (SSSR count). The van der Waals surface area contributed by atoms with E-state index in [1.165, 1.54) is 38.5 Å². The van der Waals surface area contributed by atoms with Crippen molar-refractivity contribution in [2.45, 2.75) is 70.6 Å². The number of nitrogens with two attached hydrogens (primary N) is 1. The van der Waals surface area contributed by atoms with Crippen molar-refractivity contribution in [3.63, 3.8) is 0 Å². The molecule has 0 saturated heterocycles. The van der Waals surface area contributed by atoms with Crippen molar-refractivity contribution < 1.29 is 0 Å². The molecule has 1 heteroatoms. The van der Waals surface area contributed by atoms with Crippen LogP contribution < -0.4 is 5.73 Å². The lowest BCUT2D eigenvalue weighted by molar-refractivity contribution is -0.0722. The topological polar surface area (TPSA) is 26.0 Å². The molecule has 1 unspecified atom stereocenters. The predicted octanol–water partition coefficient (Wildman–Crippen LogP) is 4.60. The van der Waals surface area contributed by atoms with Gasteiger partial charge in [0, 0.05) is 0 Å². The number of hydrogen-bond donors (Lipinski definition) is 1. The minimum absolute atomic E-state index is 0.878. The molecule has 20 heavy (non-hydrogen) atoms. The summed E-state index contributed by atoms with van der Waals surface area (Å²) in [7, 11) is 0. The lowest BCUT2D eigenvalue weighted by Gasteiger charge is -2.57. The van der Waals surface area contributed by atoms with Crippen LogP contribution in [0.25, 0.3) is 0 Å². The second-order valence-electron chi connectivity index (χ2n) is 8.66. The van der Waals surface area contributed by atoms with Crippen LogP contribution in [0.3, 0.4) is 0 Å². The maximum absolute atomic E-state index is 6.33. The van der Waals surface area contributed by atoms with Gasteiger partial charge in [-0.15, -0.1) is 0 Å². The Bertz CT molecular complexity index is 301. The van der Waals surface area contributed by atoms with E-state index in [-0.39, 0.29) is 0 Å². The molecule has 0 radical (unpaired) electrons. The van der Waals surface area contributed by atoms with Gasteiger partial charge in [-0.1, -0.05) is 38.5 Å². The van der Waals surface area contributed by atoms with Crippen LogP contribution in [0, 0.1) is 41.4 Å². The second kappa shape index (κ2) is 5.63. The van der Waals surface area contributed by atoms with E-state index in [4.69, 9.17) is 5.73 Å². The van der Waals surface area contributed by atoms with Crippen LogP contribution in [-0.4, -0.2) is 6.54 Å². The van der Waals surface area contributed by atoms with Gasteiger partial charge in [0.1, 0.15) is 0 Å². The Hall–Kier alpha value is -0.0400. The Kier molecular flexibility index (Phi) is 3.83. The van der Waals surface area contributed by atoms with Crippen molar-refractivity contribution in [1.82, 2.24) is 0 Å². The van der Waals surface area contributed by atoms with E-state index >= 15 is 0 Å². The van der Waals surface area contributed by atoms with Crippen LogP contribution in [0.1, 0.15) is 70.6 Å². The molecule has 114 valence electrons. The second-order valence-corrected chi connectivity index (χ2v) is 8.66. The third kappa shape index (κ3) is 2.34. The lowest BCUT2D eigenvalue weighted by atomic mass is 9.48. The number of rotatable bonds is 3. The van der Waals surface area contributed by atoms with E-state index in [0.717, 1.165) is 48.0 Å². The zero-order valence-electron chi connectivity index (χ0n) is 13.1. The third-order valence-electron chi connectivity index (χ3n) is 7.57. The summed E-state index contributed by atoms with van der Waals surface area (Å²) in [6.45, 7) is 0.984. The van der Waals surface area contributed by atoms with Crippen molar-refractivity contribution >= 4 is 0 Å². The molecule has 5 aliphatic carbocycles. The van der Waals surface area contributed by atoms with Crippen molar-refractivity contribution in [2.24, 2.45) is 47.2 Å². The minimum Gasteiger partial charge on any atom is -0.330 e. The van der Waals surface area contributed by atoms with Gasteiger partial charge in [-0.2, -0.15) is 0 Å². The number of hydrogen-bond acceptors (Lipinski definition) is 1. The van der Waals surface area contributed by atoms with Crippen LogP contribution in [0.15, 0.2) is 0 Å². The Morgan fingerprint density at radius 1 is 0.750 bits per heavy atom. The monoisotopic (exact) mass is 275 g/mol. The van der Waals surface area contributed by atoms with Gasteiger partial charge in [0.2, 0.25) is 0 Å². The molecule has 5 saturated carbocycles. The fourth-order valence-electron chi connectivity index (χ4n) is 7.07. The van der Waals surface area contributed by atoms with Gasteiger partial charge in [-0.3, -0.25) is 0 Å². The van der Waals surface area contributed by atoms with Crippen molar-refractivity contribution in [2.75, 3.05) is 6.54 Å². The van der Waals surface area contributed by atoms with Crippen LogP contribution in [0.4, 0.5) is 0 Å². The van der Waals surface area contributed by atoms with Crippen LogP contribution in [0.5, 0.6) is 0 Å². The average Bonchev–Trinajstić information content (AvgIpc) is 2.71. The van der Waals surface area contributed by atoms with E-state index in [0.29, 0.717) is 0 Å². The summed E-state index contributed by atoms with van der Waals surface area (Å²) in [6, 6.07) is 0. The summed E-state index contributed by atoms with van der Waals surface area (Å²) < 4.78 is 0. The Morgan fingerprint density at radius 2 is 1.30 bits per heavy atom. The highest BCUT2D eigenvalue weighted by molar-refractivity contribution is 5.01. The molecule has 5 aliphatic rings. The van der Waals surface area contributed by atoms with Gasteiger partial charge in [-0.25, -0.2) is 0 Å². The van der Waals surface area contributed by atoms with Gasteiger partial charge in [0.15, 0.2) is 0 Å². The molecule has 5 fully saturated rings. The summed E-state index contributed by atoms with van der Waals surface area (Å²) >= 11 is 0. The maximum Gasteiger partial charge on any atom is -0.00434 e. The smallest absolute Gasteiger partial charge is 0.00434 e. The van der Waals surface area contributed by atoms with Gasteiger partial charge >= 0.3 is 0 Å². The predicted molar refractivity (Wildman–Crippen MR) is 84.3 cm³/mol. The fourth-order valence-corrected chi connectivity index (χ4v) is 7.07. The zero-order chi connectivity index (χ0) is 13.5. The van der Waals surface area contributed by atoms with Crippen molar-refractivity contribution in [3.8, 4) is 0 Å². The fraction of sp³-hybridized carbons (Fsp3) is 1.00. The molecule has 0 aromatic carbocycles. The first kappa shape index (κ1) is 13.6. The highest BCUT2D eigenvalue weighted by atomic mass is 14.6. The first-order valence-electron chi connectivity index (χ1n) is 9.55. The average molecular weight is 275 g/mol. The van der Waals surface area contributed by atoms with Crippen LogP contribution in [0.2, 0.25) is 0 Å². The summed E-state index contributed by atoms with van der Waals surface area (Å²) in [5.41, 5.74) is 6.33. The molecule has 0 aromatic heterocycles. The molecular formula is C19H33N. The van der Waals surface area contributed by atoms with E-state index < -0.39 is 0 Å². The largest absolute Gasteiger partial charge is 0.330 e. The van der Waals surface area contributed by atoms with Gasteiger partial charge in [0.05, 0.1) is 0 Å². The molecule has 0 heterocycles. The quantitative estimate of drug-likeness (QED) is 0.748. The molecule has 4 bridgehead atoms. The molecule has 1 atom stereocenters. The zero-order valence-corrected chi connectivity index (χ0v) is 13.1. The van der Waals surface area contributed by atoms with E-state index in [2.05, 4.69) is 0 Å². The van der Waals surface area contributed by atoms with Gasteiger partial charge in [-0.05, 0) is 80.1 Å². The Morgan fingerprint density at radius 3 is 1.80 bits per heavy atom. The minimum atomic E-state index is 0.878. The Balaban J connectivity index is 1.52. The summed E-state index contributed by atoms with van der Waals surface area (Å²) in [5.74, 6) is 7.25. The van der Waals surface area contributed by atoms with E-state index in [1.807, 2.05) is 0 Å². The maximum atomic E-state index is 6.33. The molecule has 0 aliphatic heterocycles. The first-order valence-corrected chi connectivity index (χ1v) is 9.55. The highest BCUT2D eigenvalue weighted by Gasteiger charge is 2.51. The summed E-state index contributed by atoms with van der Waals surface area (Å²) in [4.78, 5) is 0. The SMILES string of the molecule is NCC(C1CCCCCC1)C1C2CC3CC(C2)CC1C3. The third-order valence-corrected chi connectivity index (χ3v) is 7.57. The molecule has 0 aromatic rings. The molecule has 1 nitrogen and oxygen atoms in total. The Labute approximate surface area is 125 Å². The van der Waals surface area contributed by atoms with Gasteiger partial charge in [0.25, 0.3) is 0 Å². The van der Waals surface area contributed by atoms with Crippen LogP contribution in [-0.2, 0) is 0 Å². The van der Waals surface area contributed by atoms with E-state index in [9.17, 15) is 0 Å². The van der Waals surface area contributed by atoms with Gasteiger partial charge < -0.3 is 5.73 Å². The molecule has 2 N–H and O–H groups in total. The normalized spacial score (nSPS) is 46.4. The highest BCUT2D eigenvalue weighted by Crippen LogP contribution is 2.59. The van der Waals surface area contributed by atoms with Crippen LogP contribution >= 0.6 is 0 Å². The van der Waals surface area contributed by atoms with E-state index in [1.54, 1.807) is 32.1 Å². The lowest BCUT2D eigenvalue weighted by Crippen LogP contribution is -2.50. The first-order chi connectivity index (χ1) is 9.85. The summed E-state index contributed by atoms with van der Waals surface area (Å²) in [6.07, 6.45) is 16.8. The molecular weight excluding hydrogens is 242 g/mol. The molecule has 0 amide bonds.